The van der Waals surface area contributed by atoms with Crippen molar-refractivity contribution in [3.05, 3.63) is 24.3 Å². The van der Waals surface area contributed by atoms with E-state index in [4.69, 9.17) is 4.74 Å². The first-order valence-electron chi connectivity index (χ1n) is 9.02. The predicted molar refractivity (Wildman–Crippen MR) is 103 cm³/mol. The summed E-state index contributed by atoms with van der Waals surface area (Å²) in [5, 5.41) is 3.36. The third-order valence-electron chi connectivity index (χ3n) is 4.23. The van der Waals surface area contributed by atoms with Crippen molar-refractivity contribution in [1.29, 1.82) is 0 Å². The van der Waals surface area contributed by atoms with Crippen LogP contribution in [0.15, 0.2) is 24.3 Å². The molecular weight excluding hydrogens is 338 g/mol. The molecule has 1 heterocycles. The van der Waals surface area contributed by atoms with Gasteiger partial charge in [0.15, 0.2) is 0 Å². The van der Waals surface area contributed by atoms with Crippen molar-refractivity contribution in [2.75, 3.05) is 43.2 Å². The SMILES string of the molecule is CCCS(=O)(=O)Nc1ccc(OC(C)(C)CCN2CCNCC2)cc1. The Morgan fingerprint density at radius 2 is 1.84 bits per heavy atom. The van der Waals surface area contributed by atoms with Crippen molar-refractivity contribution >= 4 is 15.7 Å². The maximum absolute atomic E-state index is 11.8. The number of nitrogens with zero attached hydrogens (tertiary/aromatic N) is 1. The molecule has 142 valence electrons. The van der Waals surface area contributed by atoms with Gasteiger partial charge in [0.2, 0.25) is 10.0 Å². The smallest absolute Gasteiger partial charge is 0.232 e. The van der Waals surface area contributed by atoms with Crippen LogP contribution >= 0.6 is 0 Å². The normalized spacial score (nSPS) is 16.6. The Balaban J connectivity index is 1.86. The Morgan fingerprint density at radius 1 is 1.20 bits per heavy atom. The van der Waals surface area contributed by atoms with Crippen LogP contribution in [0, 0.1) is 0 Å². The van der Waals surface area contributed by atoms with Gasteiger partial charge in [-0.2, -0.15) is 0 Å². The highest BCUT2D eigenvalue weighted by Gasteiger charge is 2.22. The minimum Gasteiger partial charge on any atom is -0.488 e. The highest BCUT2D eigenvalue weighted by atomic mass is 32.2. The molecule has 0 unspecified atom stereocenters. The number of ether oxygens (including phenoxy) is 1. The summed E-state index contributed by atoms with van der Waals surface area (Å²) in [6, 6.07) is 7.12. The number of nitrogens with one attached hydrogen (secondary N) is 2. The zero-order valence-electron chi connectivity index (χ0n) is 15.5. The Morgan fingerprint density at radius 3 is 2.44 bits per heavy atom. The van der Waals surface area contributed by atoms with Gasteiger partial charge in [-0.3, -0.25) is 4.72 Å². The van der Waals surface area contributed by atoms with E-state index in [2.05, 4.69) is 28.8 Å². The van der Waals surface area contributed by atoms with E-state index in [0.29, 0.717) is 12.1 Å². The third kappa shape index (κ3) is 7.22. The summed E-state index contributed by atoms with van der Waals surface area (Å²) in [7, 11) is -3.26. The molecular formula is C18H31N3O3S. The van der Waals surface area contributed by atoms with E-state index in [1.54, 1.807) is 12.1 Å². The highest BCUT2D eigenvalue weighted by molar-refractivity contribution is 7.92. The monoisotopic (exact) mass is 369 g/mol. The minimum absolute atomic E-state index is 0.129. The van der Waals surface area contributed by atoms with Gasteiger partial charge in [0.1, 0.15) is 11.4 Å². The second-order valence-corrected chi connectivity index (χ2v) is 8.99. The van der Waals surface area contributed by atoms with Gasteiger partial charge < -0.3 is 15.0 Å². The van der Waals surface area contributed by atoms with Crippen LogP contribution in [0.4, 0.5) is 5.69 Å². The topological polar surface area (TPSA) is 70.7 Å². The molecule has 0 aromatic heterocycles. The Bertz CT molecular complexity index is 623. The third-order valence-corrected chi connectivity index (χ3v) is 5.73. The van der Waals surface area contributed by atoms with Crippen LogP contribution in [0.1, 0.15) is 33.6 Å². The van der Waals surface area contributed by atoms with Crippen molar-refractivity contribution in [3.8, 4) is 5.75 Å². The zero-order chi connectivity index (χ0) is 18.3. The molecule has 1 aromatic carbocycles. The van der Waals surface area contributed by atoms with Gasteiger partial charge in [0.05, 0.1) is 5.75 Å². The summed E-state index contributed by atoms with van der Waals surface area (Å²) < 4.78 is 32.3. The molecule has 1 saturated heterocycles. The van der Waals surface area contributed by atoms with E-state index in [1.165, 1.54) is 0 Å². The maximum atomic E-state index is 11.8. The number of hydrogen-bond acceptors (Lipinski definition) is 5. The van der Waals surface area contributed by atoms with E-state index < -0.39 is 10.0 Å². The molecule has 0 aliphatic carbocycles. The van der Waals surface area contributed by atoms with E-state index in [9.17, 15) is 8.42 Å². The molecule has 1 fully saturated rings. The summed E-state index contributed by atoms with van der Waals surface area (Å²) in [5.74, 6) is 0.883. The van der Waals surface area contributed by atoms with Crippen molar-refractivity contribution in [1.82, 2.24) is 10.2 Å². The molecule has 6 nitrogen and oxygen atoms in total. The van der Waals surface area contributed by atoms with Crippen molar-refractivity contribution in [2.24, 2.45) is 0 Å². The molecule has 1 aliphatic rings. The standard InChI is InChI=1S/C18H31N3O3S/c1-4-15-25(22,23)20-16-5-7-17(8-6-16)24-18(2,3)9-12-21-13-10-19-11-14-21/h5-8,19-20H,4,9-15H2,1-3H3. The number of anilines is 1. The minimum atomic E-state index is -3.26. The average Bonchev–Trinajstić information content (AvgIpc) is 2.55. The number of sulfonamides is 1. The van der Waals surface area contributed by atoms with Crippen molar-refractivity contribution in [3.63, 3.8) is 0 Å². The largest absolute Gasteiger partial charge is 0.488 e. The molecule has 0 bridgehead atoms. The lowest BCUT2D eigenvalue weighted by atomic mass is 10.0. The van der Waals surface area contributed by atoms with Crippen LogP contribution in [-0.4, -0.2) is 57.4 Å². The summed E-state index contributed by atoms with van der Waals surface area (Å²) in [6.07, 6.45) is 1.54. The first-order valence-corrected chi connectivity index (χ1v) is 10.7. The Labute approximate surface area is 152 Å². The second kappa shape index (κ2) is 8.87. The van der Waals surface area contributed by atoms with Crippen LogP contribution in [-0.2, 0) is 10.0 Å². The van der Waals surface area contributed by atoms with Crippen LogP contribution in [0.3, 0.4) is 0 Å². The molecule has 0 atom stereocenters. The van der Waals surface area contributed by atoms with Gasteiger partial charge in [-0.15, -0.1) is 0 Å². The number of hydrogen-bond donors (Lipinski definition) is 2. The van der Waals surface area contributed by atoms with Crippen molar-refractivity contribution < 1.29 is 13.2 Å². The van der Waals surface area contributed by atoms with Gasteiger partial charge in [-0.1, -0.05) is 6.92 Å². The number of rotatable bonds is 9. The molecule has 0 saturated carbocycles. The van der Waals surface area contributed by atoms with E-state index >= 15 is 0 Å². The molecule has 1 aliphatic heterocycles. The lowest BCUT2D eigenvalue weighted by Crippen LogP contribution is -2.45. The lowest BCUT2D eigenvalue weighted by Gasteiger charge is -2.32. The fourth-order valence-electron chi connectivity index (χ4n) is 2.82. The van der Waals surface area contributed by atoms with Gasteiger partial charge >= 0.3 is 0 Å². The first kappa shape index (κ1) is 20.0. The maximum Gasteiger partial charge on any atom is 0.232 e. The van der Waals surface area contributed by atoms with E-state index in [-0.39, 0.29) is 11.4 Å². The fraction of sp³-hybridized carbons (Fsp3) is 0.667. The molecule has 7 heteroatoms. The fourth-order valence-corrected chi connectivity index (χ4v) is 3.96. The van der Waals surface area contributed by atoms with Crippen LogP contribution in [0.5, 0.6) is 5.75 Å². The Kier molecular flexibility index (Phi) is 7.10. The predicted octanol–water partition coefficient (Wildman–Crippen LogP) is 2.29. The van der Waals surface area contributed by atoms with Gasteiger partial charge in [-0.25, -0.2) is 8.42 Å². The second-order valence-electron chi connectivity index (χ2n) is 7.15. The summed E-state index contributed by atoms with van der Waals surface area (Å²) >= 11 is 0. The molecule has 2 rings (SSSR count). The quantitative estimate of drug-likeness (QED) is 0.699. The number of benzene rings is 1. The van der Waals surface area contributed by atoms with Gasteiger partial charge in [-0.05, 0) is 51.0 Å². The highest BCUT2D eigenvalue weighted by Crippen LogP contribution is 2.23. The molecule has 2 N–H and O–H groups in total. The van der Waals surface area contributed by atoms with Crippen LogP contribution < -0.4 is 14.8 Å². The lowest BCUT2D eigenvalue weighted by molar-refractivity contribution is 0.0809. The molecule has 0 radical (unpaired) electrons. The molecule has 25 heavy (non-hydrogen) atoms. The number of piperazine rings is 1. The van der Waals surface area contributed by atoms with Gasteiger partial charge in [0.25, 0.3) is 0 Å². The van der Waals surface area contributed by atoms with Crippen LogP contribution in [0.25, 0.3) is 0 Å². The molecule has 1 aromatic rings. The molecule has 0 amide bonds. The summed E-state index contributed by atoms with van der Waals surface area (Å²) in [5.41, 5.74) is 0.299. The Hall–Kier alpha value is -1.31. The molecule has 0 spiro atoms. The summed E-state index contributed by atoms with van der Waals surface area (Å²) in [6.45, 7) is 11.3. The first-order chi connectivity index (χ1) is 11.8. The van der Waals surface area contributed by atoms with Crippen LogP contribution in [0.2, 0.25) is 0 Å². The van der Waals surface area contributed by atoms with E-state index in [1.807, 2.05) is 19.1 Å². The summed E-state index contributed by atoms with van der Waals surface area (Å²) in [4.78, 5) is 2.45. The zero-order valence-corrected chi connectivity index (χ0v) is 16.4. The van der Waals surface area contributed by atoms with Crippen molar-refractivity contribution in [2.45, 2.75) is 39.2 Å². The van der Waals surface area contributed by atoms with E-state index in [0.717, 1.165) is 44.9 Å². The average molecular weight is 370 g/mol. The van der Waals surface area contributed by atoms with Gasteiger partial charge in [0, 0.05) is 38.4 Å².